The molecule has 294 valence electrons. The van der Waals surface area contributed by atoms with Gasteiger partial charge >= 0.3 is 5.97 Å². The minimum atomic E-state index is -1.60. The van der Waals surface area contributed by atoms with Crippen molar-refractivity contribution < 1.29 is 48.9 Å². The van der Waals surface area contributed by atoms with Crippen LogP contribution >= 0.6 is 11.8 Å². The van der Waals surface area contributed by atoms with E-state index in [0.29, 0.717) is 11.4 Å². The van der Waals surface area contributed by atoms with E-state index in [-0.39, 0.29) is 37.5 Å². The van der Waals surface area contributed by atoms with E-state index in [1.807, 2.05) is 27.7 Å². The van der Waals surface area contributed by atoms with Crippen molar-refractivity contribution in [2.75, 3.05) is 25.2 Å². The number of aromatic amines is 1. The first-order chi connectivity index (χ1) is 24.4. The Labute approximate surface area is 307 Å². The Balaban J connectivity index is 3.14. The second-order valence-electron chi connectivity index (χ2n) is 13.2. The van der Waals surface area contributed by atoms with Gasteiger partial charge < -0.3 is 57.9 Å². The molecule has 1 heterocycles. The first kappa shape index (κ1) is 45.8. The monoisotopic (exact) mass is 757 g/mol. The number of nitrogens with two attached hydrogens (primary N) is 1. The van der Waals surface area contributed by atoms with Gasteiger partial charge in [-0.15, -0.1) is 0 Å². The smallest absolute Gasteiger partial charge is 0.328 e. The fourth-order valence-corrected chi connectivity index (χ4v) is 5.23. The molecule has 0 bridgehead atoms. The number of carbonyl (C=O) groups excluding carboxylic acids is 6. The molecule has 0 spiro atoms. The molecule has 0 radical (unpaired) electrons. The molecule has 0 aliphatic rings. The number of hydrogen-bond acceptors (Lipinski definition) is 12. The summed E-state index contributed by atoms with van der Waals surface area (Å²) in [4.78, 5) is 96.8. The summed E-state index contributed by atoms with van der Waals surface area (Å²) in [6.45, 7) is 7.19. The number of aliphatic hydroxyl groups excluding tert-OH is 2. The van der Waals surface area contributed by atoms with Crippen LogP contribution in [-0.4, -0.2) is 134 Å². The number of aliphatic hydroxyl groups is 2. The van der Waals surface area contributed by atoms with Gasteiger partial charge in [0, 0.05) is 18.3 Å². The molecule has 0 aliphatic heterocycles. The number of amides is 6. The van der Waals surface area contributed by atoms with Gasteiger partial charge in [0.2, 0.25) is 35.4 Å². The first-order valence-corrected chi connectivity index (χ1v) is 18.3. The SMILES string of the molecule is CSCC[C@H](NC(=O)[C@H](Cc1cnc[nH]1)NC(=O)[C@H](CC(C)C)NC(=O)CNC(=O)[C@H](CC(C)C)NC(=O)[C@@H](N)[C@@H](C)O)C(=O)N[C@@H](CO)C(=O)O. The molecule has 0 aromatic carbocycles. The molecule has 12 N–H and O–H groups in total. The zero-order chi connectivity index (χ0) is 39.5. The summed E-state index contributed by atoms with van der Waals surface area (Å²) < 4.78 is 0. The predicted octanol–water partition coefficient (Wildman–Crippen LogP) is -2.88. The highest BCUT2D eigenvalue weighted by Crippen LogP contribution is 2.09. The van der Waals surface area contributed by atoms with E-state index in [0.717, 1.165) is 0 Å². The summed E-state index contributed by atoms with van der Waals surface area (Å²) in [5.41, 5.74) is 6.15. The van der Waals surface area contributed by atoms with Crippen LogP contribution < -0.4 is 37.6 Å². The molecule has 0 saturated carbocycles. The van der Waals surface area contributed by atoms with Crippen LogP contribution in [0.25, 0.3) is 0 Å². The van der Waals surface area contributed by atoms with Gasteiger partial charge in [-0.3, -0.25) is 28.8 Å². The Bertz CT molecular complexity index is 1330. The molecule has 0 unspecified atom stereocenters. The van der Waals surface area contributed by atoms with Crippen LogP contribution in [0, 0.1) is 11.8 Å². The number of nitrogens with one attached hydrogen (secondary N) is 7. The molecule has 0 aliphatic carbocycles. The van der Waals surface area contributed by atoms with Gasteiger partial charge in [0.15, 0.2) is 0 Å². The second-order valence-corrected chi connectivity index (χ2v) is 14.2. The van der Waals surface area contributed by atoms with Gasteiger partial charge in [-0.2, -0.15) is 11.8 Å². The molecule has 1 aromatic rings. The number of carboxylic acid groups (broad SMARTS) is 1. The van der Waals surface area contributed by atoms with Crippen LogP contribution in [0.1, 0.15) is 59.6 Å². The Morgan fingerprint density at radius 3 is 1.81 bits per heavy atom. The molecule has 1 aromatic heterocycles. The van der Waals surface area contributed by atoms with Crippen LogP contribution in [0.15, 0.2) is 12.5 Å². The lowest BCUT2D eigenvalue weighted by Crippen LogP contribution is -2.59. The molecule has 0 fully saturated rings. The minimum Gasteiger partial charge on any atom is -0.480 e. The number of thioether (sulfide) groups is 1. The number of aliphatic carboxylic acids is 1. The normalized spacial score (nSPS) is 15.3. The van der Waals surface area contributed by atoms with Crippen LogP contribution in [0.4, 0.5) is 0 Å². The highest BCUT2D eigenvalue weighted by Gasteiger charge is 2.32. The van der Waals surface area contributed by atoms with Crippen molar-refractivity contribution in [2.45, 2.75) is 103 Å². The second kappa shape index (κ2) is 23.3. The third kappa shape index (κ3) is 16.8. The molecular formula is C32H55N9O10S. The zero-order valence-corrected chi connectivity index (χ0v) is 31.2. The Morgan fingerprint density at radius 1 is 0.788 bits per heavy atom. The minimum absolute atomic E-state index is 0.0314. The van der Waals surface area contributed by atoms with E-state index in [2.05, 4.69) is 41.9 Å². The van der Waals surface area contributed by atoms with E-state index in [1.165, 1.54) is 31.2 Å². The molecule has 6 amide bonds. The highest BCUT2D eigenvalue weighted by atomic mass is 32.2. The van der Waals surface area contributed by atoms with Crippen LogP contribution in [0.3, 0.4) is 0 Å². The van der Waals surface area contributed by atoms with Crippen molar-refractivity contribution in [2.24, 2.45) is 17.6 Å². The van der Waals surface area contributed by atoms with Gasteiger partial charge in [-0.05, 0) is 50.0 Å². The fraction of sp³-hybridized carbons (Fsp3) is 0.688. The van der Waals surface area contributed by atoms with Crippen molar-refractivity contribution in [3.63, 3.8) is 0 Å². The van der Waals surface area contributed by atoms with E-state index in [1.54, 1.807) is 6.26 Å². The van der Waals surface area contributed by atoms with Gasteiger partial charge in [-0.1, -0.05) is 27.7 Å². The van der Waals surface area contributed by atoms with E-state index >= 15 is 0 Å². The highest BCUT2D eigenvalue weighted by molar-refractivity contribution is 7.98. The summed E-state index contributed by atoms with van der Waals surface area (Å²) in [6, 6.07) is -7.58. The van der Waals surface area contributed by atoms with Crippen LogP contribution in [-0.2, 0) is 40.0 Å². The maximum Gasteiger partial charge on any atom is 0.328 e. The van der Waals surface area contributed by atoms with Crippen LogP contribution in [0.2, 0.25) is 0 Å². The summed E-state index contributed by atoms with van der Waals surface area (Å²) in [5.74, 6) is -5.71. The van der Waals surface area contributed by atoms with Gasteiger partial charge in [0.1, 0.15) is 36.3 Å². The number of carbonyl (C=O) groups is 7. The van der Waals surface area contributed by atoms with Crippen molar-refractivity contribution in [3.8, 4) is 0 Å². The van der Waals surface area contributed by atoms with Crippen molar-refractivity contribution in [3.05, 3.63) is 18.2 Å². The van der Waals surface area contributed by atoms with E-state index < -0.39 is 96.9 Å². The summed E-state index contributed by atoms with van der Waals surface area (Å²) in [6.07, 6.45) is 3.79. The number of aromatic nitrogens is 2. The molecule has 20 heteroatoms. The Hall–Kier alpha value is -4.27. The fourth-order valence-electron chi connectivity index (χ4n) is 4.76. The van der Waals surface area contributed by atoms with Crippen LogP contribution in [0.5, 0.6) is 0 Å². The molecule has 52 heavy (non-hydrogen) atoms. The molecule has 19 nitrogen and oxygen atoms in total. The number of imidazole rings is 1. The quantitative estimate of drug-likeness (QED) is 0.0506. The summed E-state index contributed by atoms with van der Waals surface area (Å²) >= 11 is 1.38. The summed E-state index contributed by atoms with van der Waals surface area (Å²) in [5, 5.41) is 43.2. The largest absolute Gasteiger partial charge is 0.480 e. The molecule has 0 saturated heterocycles. The Morgan fingerprint density at radius 2 is 1.31 bits per heavy atom. The molecular weight excluding hydrogens is 702 g/mol. The van der Waals surface area contributed by atoms with E-state index in [9.17, 15) is 48.9 Å². The maximum atomic E-state index is 13.6. The topological polar surface area (TPSA) is 307 Å². The predicted molar refractivity (Wildman–Crippen MR) is 191 cm³/mol. The maximum absolute atomic E-state index is 13.6. The molecule has 1 rings (SSSR count). The first-order valence-electron chi connectivity index (χ1n) is 16.9. The van der Waals surface area contributed by atoms with Gasteiger partial charge in [-0.25, -0.2) is 9.78 Å². The lowest BCUT2D eigenvalue weighted by molar-refractivity contribution is -0.143. The third-order valence-electron chi connectivity index (χ3n) is 7.60. The zero-order valence-electron chi connectivity index (χ0n) is 30.4. The van der Waals surface area contributed by atoms with Gasteiger partial charge in [0.25, 0.3) is 0 Å². The number of H-pyrrole nitrogens is 1. The number of hydrogen-bond donors (Lipinski definition) is 11. The number of carboxylic acids is 1. The summed E-state index contributed by atoms with van der Waals surface area (Å²) in [7, 11) is 0. The Kier molecular flexibility index (Phi) is 20.5. The number of nitrogens with zero attached hydrogens (tertiary/aromatic N) is 1. The van der Waals surface area contributed by atoms with E-state index in [4.69, 9.17) is 5.73 Å². The van der Waals surface area contributed by atoms with Crippen molar-refractivity contribution >= 4 is 53.2 Å². The molecule has 7 atom stereocenters. The van der Waals surface area contributed by atoms with Gasteiger partial charge in [0.05, 0.1) is 25.6 Å². The number of rotatable bonds is 24. The van der Waals surface area contributed by atoms with Crippen molar-refractivity contribution in [1.82, 2.24) is 41.9 Å². The average molecular weight is 758 g/mol. The van der Waals surface area contributed by atoms with Crippen molar-refractivity contribution in [1.29, 1.82) is 0 Å². The average Bonchev–Trinajstić information content (AvgIpc) is 3.58. The lowest BCUT2D eigenvalue weighted by atomic mass is 10.0. The lowest BCUT2D eigenvalue weighted by Gasteiger charge is -2.26. The third-order valence-corrected chi connectivity index (χ3v) is 8.24. The standard InChI is InChI=1S/C32H55N9O10S/c1-16(2)9-21(40-31(49)26(33)18(5)43)27(45)35-13-25(44)37-22(10-17(3)4)29(47)39-23(11-19-12-34-15-36-19)30(48)38-20(7-8-52-6)28(46)41-24(14-42)32(50)51/h12,15-18,20-24,26,42-43H,7-11,13-14,33H2,1-6H3,(H,34,36)(H,35,45)(H,37,44)(H,38,48)(H,39,47)(H,40,49)(H,41,46)(H,50,51)/t18-,20+,21+,22+,23+,24+,26+/m1/s1.